The second kappa shape index (κ2) is 4.45. The van der Waals surface area contributed by atoms with Gasteiger partial charge in [-0.25, -0.2) is 4.39 Å². The van der Waals surface area contributed by atoms with Gasteiger partial charge in [0.2, 0.25) is 0 Å². The molecule has 0 unspecified atom stereocenters. The second-order valence-corrected chi connectivity index (χ2v) is 5.00. The highest BCUT2D eigenvalue weighted by atomic mass is 79.9. The molecule has 0 saturated heterocycles. The van der Waals surface area contributed by atoms with E-state index in [4.69, 9.17) is 0 Å². The van der Waals surface area contributed by atoms with Crippen molar-refractivity contribution in [3.63, 3.8) is 0 Å². The van der Waals surface area contributed by atoms with Crippen LogP contribution in [0.1, 0.15) is 0 Å². The number of benzene rings is 2. The molecule has 0 heterocycles. The topological polar surface area (TPSA) is 0 Å². The van der Waals surface area contributed by atoms with Gasteiger partial charge in [-0.15, -0.1) is 0 Å². The van der Waals surface area contributed by atoms with Crippen molar-refractivity contribution in [1.29, 1.82) is 0 Å². The van der Waals surface area contributed by atoms with Crippen molar-refractivity contribution in [3.05, 3.63) is 57.2 Å². The zero-order valence-electron chi connectivity index (χ0n) is 7.68. The Hall–Kier alpha value is -0.670. The molecule has 0 aromatic heterocycles. The van der Waals surface area contributed by atoms with Crippen LogP contribution in [-0.2, 0) is 0 Å². The first kappa shape index (κ1) is 10.8. The molecule has 0 amide bonds. The molecule has 0 saturated carbocycles. The lowest BCUT2D eigenvalue weighted by Gasteiger charge is -2.03. The van der Waals surface area contributed by atoms with Crippen LogP contribution in [0.15, 0.2) is 51.4 Å². The molecule has 0 radical (unpaired) electrons. The largest absolute Gasteiger partial charge is 0.207 e. The summed E-state index contributed by atoms with van der Waals surface area (Å²) in [5.74, 6) is -0.215. The van der Waals surface area contributed by atoms with Gasteiger partial charge >= 0.3 is 0 Å². The molecule has 3 heteroatoms. The Labute approximate surface area is 104 Å². The molecule has 0 aliphatic rings. The maximum Gasteiger partial charge on any atom is 0.123 e. The van der Waals surface area contributed by atoms with Crippen molar-refractivity contribution in [3.8, 4) is 11.1 Å². The predicted octanol–water partition coefficient (Wildman–Crippen LogP) is 5.02. The molecule has 2 aromatic carbocycles. The third-order valence-corrected chi connectivity index (χ3v) is 2.96. The summed E-state index contributed by atoms with van der Waals surface area (Å²) in [6.07, 6.45) is 0. The van der Waals surface area contributed by atoms with Crippen LogP contribution in [0.25, 0.3) is 11.1 Å². The minimum atomic E-state index is -0.215. The molecule has 0 fully saturated rings. The van der Waals surface area contributed by atoms with E-state index in [-0.39, 0.29) is 5.82 Å². The lowest BCUT2D eigenvalue weighted by Crippen LogP contribution is -1.79. The highest BCUT2D eigenvalue weighted by Crippen LogP contribution is 2.27. The first-order chi connectivity index (χ1) is 7.15. The summed E-state index contributed by atoms with van der Waals surface area (Å²) in [7, 11) is 0. The summed E-state index contributed by atoms with van der Waals surface area (Å²) in [6.45, 7) is 0. The minimum absolute atomic E-state index is 0.215. The predicted molar refractivity (Wildman–Crippen MR) is 67.2 cm³/mol. The van der Waals surface area contributed by atoms with Gasteiger partial charge in [0.05, 0.1) is 0 Å². The van der Waals surface area contributed by atoms with Crippen LogP contribution < -0.4 is 0 Å². The molecule has 2 aromatic rings. The van der Waals surface area contributed by atoms with Crippen LogP contribution >= 0.6 is 31.9 Å². The smallest absolute Gasteiger partial charge is 0.123 e. The number of hydrogen-bond donors (Lipinski definition) is 0. The second-order valence-electron chi connectivity index (χ2n) is 3.17. The monoisotopic (exact) mass is 328 g/mol. The average Bonchev–Trinajstić information content (AvgIpc) is 2.17. The third-order valence-electron chi connectivity index (χ3n) is 2.04. The molecule has 76 valence electrons. The SMILES string of the molecule is Fc1ccc(-c2cc(Br)cc(Br)c2)cc1. The summed E-state index contributed by atoms with van der Waals surface area (Å²) in [5, 5.41) is 0. The molecule has 2 rings (SSSR count). The Morgan fingerprint density at radius 1 is 0.733 bits per heavy atom. The Morgan fingerprint density at radius 2 is 1.27 bits per heavy atom. The van der Waals surface area contributed by atoms with Gasteiger partial charge in [-0.3, -0.25) is 0 Å². The number of halogens is 3. The minimum Gasteiger partial charge on any atom is -0.207 e. The first-order valence-electron chi connectivity index (χ1n) is 4.37. The number of hydrogen-bond acceptors (Lipinski definition) is 0. The molecule has 0 bridgehead atoms. The normalized spacial score (nSPS) is 10.3. The summed E-state index contributed by atoms with van der Waals surface area (Å²) in [5.41, 5.74) is 2.05. The Bertz CT molecular complexity index is 457. The van der Waals surface area contributed by atoms with Gasteiger partial charge in [0.25, 0.3) is 0 Å². The Kier molecular flexibility index (Phi) is 3.22. The molecule has 0 aliphatic heterocycles. The van der Waals surface area contributed by atoms with Gasteiger partial charge in [-0.2, -0.15) is 0 Å². The molecule has 0 aliphatic carbocycles. The van der Waals surface area contributed by atoms with E-state index in [1.807, 2.05) is 18.2 Å². The van der Waals surface area contributed by atoms with Gasteiger partial charge in [0.1, 0.15) is 5.82 Å². The van der Waals surface area contributed by atoms with Crippen LogP contribution in [0.4, 0.5) is 4.39 Å². The first-order valence-corrected chi connectivity index (χ1v) is 5.96. The van der Waals surface area contributed by atoms with E-state index in [1.165, 1.54) is 12.1 Å². The Morgan fingerprint density at radius 3 is 1.80 bits per heavy atom. The third kappa shape index (κ3) is 2.67. The van der Waals surface area contributed by atoms with Crippen molar-refractivity contribution in [2.45, 2.75) is 0 Å². The number of rotatable bonds is 1. The summed E-state index contributed by atoms with van der Waals surface area (Å²) >= 11 is 6.84. The van der Waals surface area contributed by atoms with Crippen LogP contribution in [0.2, 0.25) is 0 Å². The van der Waals surface area contributed by atoms with E-state index in [0.29, 0.717) is 0 Å². The van der Waals surface area contributed by atoms with E-state index in [1.54, 1.807) is 12.1 Å². The van der Waals surface area contributed by atoms with Crippen molar-refractivity contribution < 1.29 is 4.39 Å². The maximum atomic E-state index is 12.7. The van der Waals surface area contributed by atoms with Crippen LogP contribution in [-0.4, -0.2) is 0 Å². The molecule has 0 spiro atoms. The van der Waals surface area contributed by atoms with Crippen LogP contribution in [0, 0.1) is 5.82 Å². The van der Waals surface area contributed by atoms with E-state index in [0.717, 1.165) is 20.1 Å². The van der Waals surface area contributed by atoms with E-state index < -0.39 is 0 Å². The summed E-state index contributed by atoms with van der Waals surface area (Å²) < 4.78 is 14.7. The fourth-order valence-corrected chi connectivity index (χ4v) is 2.66. The van der Waals surface area contributed by atoms with Gasteiger partial charge in [0.15, 0.2) is 0 Å². The zero-order chi connectivity index (χ0) is 10.8. The van der Waals surface area contributed by atoms with Crippen molar-refractivity contribution in [1.82, 2.24) is 0 Å². The molecule has 0 nitrogen and oxygen atoms in total. The van der Waals surface area contributed by atoms with Crippen LogP contribution in [0.5, 0.6) is 0 Å². The van der Waals surface area contributed by atoms with Crippen molar-refractivity contribution in [2.75, 3.05) is 0 Å². The van der Waals surface area contributed by atoms with Crippen molar-refractivity contribution >= 4 is 31.9 Å². The quantitative estimate of drug-likeness (QED) is 0.689. The van der Waals surface area contributed by atoms with E-state index >= 15 is 0 Å². The van der Waals surface area contributed by atoms with Gasteiger partial charge in [-0.05, 0) is 41.5 Å². The van der Waals surface area contributed by atoms with Crippen molar-refractivity contribution in [2.24, 2.45) is 0 Å². The Balaban J connectivity index is 2.49. The lowest BCUT2D eigenvalue weighted by atomic mass is 10.1. The van der Waals surface area contributed by atoms with E-state index in [2.05, 4.69) is 31.9 Å². The van der Waals surface area contributed by atoms with Gasteiger partial charge in [0, 0.05) is 8.95 Å². The van der Waals surface area contributed by atoms with Gasteiger partial charge in [-0.1, -0.05) is 44.0 Å². The standard InChI is InChI=1S/C12H7Br2F/c13-10-5-9(6-11(14)7-10)8-1-3-12(15)4-2-8/h1-7H. The van der Waals surface area contributed by atoms with E-state index in [9.17, 15) is 4.39 Å². The molecule has 0 atom stereocenters. The van der Waals surface area contributed by atoms with Crippen LogP contribution in [0.3, 0.4) is 0 Å². The summed E-state index contributed by atoms with van der Waals surface area (Å²) in [4.78, 5) is 0. The summed E-state index contributed by atoms with van der Waals surface area (Å²) in [6, 6.07) is 12.4. The van der Waals surface area contributed by atoms with Gasteiger partial charge < -0.3 is 0 Å². The highest BCUT2D eigenvalue weighted by Gasteiger charge is 2.00. The average molecular weight is 330 g/mol. The molecule has 0 N–H and O–H groups in total. The lowest BCUT2D eigenvalue weighted by molar-refractivity contribution is 0.628. The zero-order valence-corrected chi connectivity index (χ0v) is 10.8. The molecular weight excluding hydrogens is 323 g/mol. The fraction of sp³-hybridized carbons (Fsp3) is 0. The molecule has 15 heavy (non-hydrogen) atoms. The fourth-order valence-electron chi connectivity index (χ4n) is 1.36. The maximum absolute atomic E-state index is 12.7. The highest BCUT2D eigenvalue weighted by molar-refractivity contribution is 9.11. The molecular formula is C12H7Br2F.